The summed E-state index contributed by atoms with van der Waals surface area (Å²) in [4.78, 5) is 4.82. The maximum atomic E-state index is 4.82. The average molecular weight is 457 g/mol. The molecule has 0 saturated heterocycles. The van der Waals surface area contributed by atoms with E-state index in [9.17, 15) is 0 Å². The van der Waals surface area contributed by atoms with Crippen molar-refractivity contribution in [3.05, 3.63) is 94.3 Å². The lowest BCUT2D eigenvalue weighted by molar-refractivity contribution is 0.566. The first-order valence-electron chi connectivity index (χ1n) is 12.7. The van der Waals surface area contributed by atoms with Crippen LogP contribution >= 0.6 is 0 Å². The second-order valence-electron chi connectivity index (χ2n) is 12.3. The van der Waals surface area contributed by atoms with Gasteiger partial charge in [0.2, 0.25) is 0 Å². The number of hydrogen-bond acceptors (Lipinski definition) is 2. The van der Waals surface area contributed by atoms with Crippen molar-refractivity contribution in [2.75, 3.05) is 5.32 Å². The molecule has 1 unspecified atom stereocenters. The summed E-state index contributed by atoms with van der Waals surface area (Å²) < 4.78 is 0. The molecule has 1 N–H and O–H groups in total. The minimum absolute atomic E-state index is 0.0398. The summed E-state index contributed by atoms with van der Waals surface area (Å²) in [7, 11) is 0. The second-order valence-corrected chi connectivity index (χ2v) is 12.3. The van der Waals surface area contributed by atoms with Crippen LogP contribution in [0.15, 0.2) is 60.8 Å². The number of benzene rings is 2. The molecular weight excluding hydrogens is 412 g/mol. The average Bonchev–Trinajstić information content (AvgIpc) is 2.76. The minimum atomic E-state index is -0.0398. The summed E-state index contributed by atoms with van der Waals surface area (Å²) in [6, 6.07) is 20.1. The highest BCUT2D eigenvalue weighted by Crippen LogP contribution is 2.38. The van der Waals surface area contributed by atoms with Gasteiger partial charge >= 0.3 is 0 Å². The van der Waals surface area contributed by atoms with E-state index in [0.717, 1.165) is 5.69 Å². The predicted octanol–water partition coefficient (Wildman–Crippen LogP) is 9.12. The maximum Gasteiger partial charge on any atom is 0.0940 e. The van der Waals surface area contributed by atoms with E-state index in [4.69, 9.17) is 4.98 Å². The van der Waals surface area contributed by atoms with E-state index in [2.05, 4.69) is 123 Å². The quantitative estimate of drug-likeness (QED) is 0.400. The molecule has 0 radical (unpaired) electrons. The van der Waals surface area contributed by atoms with Gasteiger partial charge in [-0.2, -0.15) is 0 Å². The van der Waals surface area contributed by atoms with Crippen molar-refractivity contribution >= 4 is 5.69 Å². The summed E-state index contributed by atoms with van der Waals surface area (Å²) >= 11 is 0. The highest BCUT2D eigenvalue weighted by atomic mass is 15.0. The van der Waals surface area contributed by atoms with Gasteiger partial charge in [0.25, 0.3) is 0 Å². The van der Waals surface area contributed by atoms with E-state index in [1.165, 1.54) is 33.5 Å². The van der Waals surface area contributed by atoms with Gasteiger partial charge in [-0.15, -0.1) is 0 Å². The predicted molar refractivity (Wildman–Crippen MR) is 148 cm³/mol. The smallest absolute Gasteiger partial charge is 0.0940 e. The molecule has 1 atom stereocenters. The first-order chi connectivity index (χ1) is 15.8. The number of pyridine rings is 1. The Hall–Kier alpha value is -2.61. The van der Waals surface area contributed by atoms with Crippen molar-refractivity contribution < 1.29 is 0 Å². The van der Waals surface area contributed by atoms with Crippen LogP contribution in [-0.4, -0.2) is 4.98 Å². The Morgan fingerprint density at radius 3 is 1.62 bits per heavy atom. The van der Waals surface area contributed by atoms with Crippen LogP contribution in [0.3, 0.4) is 0 Å². The zero-order chi connectivity index (χ0) is 25.3. The van der Waals surface area contributed by atoms with Gasteiger partial charge in [0.1, 0.15) is 0 Å². The molecule has 3 aromatic rings. The Labute approximate surface area is 208 Å². The topological polar surface area (TPSA) is 24.9 Å². The number of aromatic nitrogens is 1. The SMILES string of the molecule is CC(C)c1cccc(C(C)C)c1NC(c1cc(C(C)(C)C)cc(C(C)(C)C)c1)c1ccccn1. The third-order valence-corrected chi connectivity index (χ3v) is 6.67. The van der Waals surface area contributed by atoms with Gasteiger partial charge < -0.3 is 5.32 Å². The maximum absolute atomic E-state index is 4.82. The lowest BCUT2D eigenvalue weighted by Gasteiger charge is -2.30. The fourth-order valence-electron chi connectivity index (χ4n) is 4.42. The Kier molecular flexibility index (Phi) is 7.60. The summed E-state index contributed by atoms with van der Waals surface area (Å²) in [5.41, 5.74) is 9.11. The molecule has 2 nitrogen and oxygen atoms in total. The molecular formula is C32H44N2. The summed E-state index contributed by atoms with van der Waals surface area (Å²) in [6.45, 7) is 22.9. The highest BCUT2D eigenvalue weighted by molar-refractivity contribution is 5.62. The van der Waals surface area contributed by atoms with Crippen molar-refractivity contribution in [2.45, 2.75) is 97.9 Å². The van der Waals surface area contributed by atoms with Crippen molar-refractivity contribution in [2.24, 2.45) is 0 Å². The molecule has 0 saturated carbocycles. The summed E-state index contributed by atoms with van der Waals surface area (Å²) in [6.07, 6.45) is 1.90. The Balaban J connectivity index is 2.27. The van der Waals surface area contributed by atoms with Crippen LogP contribution in [0, 0.1) is 0 Å². The van der Waals surface area contributed by atoms with Crippen LogP contribution in [0.2, 0.25) is 0 Å². The van der Waals surface area contributed by atoms with E-state index >= 15 is 0 Å². The molecule has 0 aliphatic rings. The molecule has 182 valence electrons. The van der Waals surface area contributed by atoms with E-state index in [1.807, 2.05) is 12.3 Å². The van der Waals surface area contributed by atoms with Crippen LogP contribution in [0.25, 0.3) is 0 Å². The van der Waals surface area contributed by atoms with Crippen LogP contribution in [0.1, 0.15) is 121 Å². The van der Waals surface area contributed by atoms with Crippen molar-refractivity contribution in [3.8, 4) is 0 Å². The van der Waals surface area contributed by atoms with E-state index in [1.54, 1.807) is 0 Å². The summed E-state index contributed by atoms with van der Waals surface area (Å²) in [5, 5.41) is 4.01. The van der Waals surface area contributed by atoms with Gasteiger partial charge in [-0.3, -0.25) is 4.98 Å². The monoisotopic (exact) mass is 456 g/mol. The third-order valence-electron chi connectivity index (χ3n) is 6.67. The zero-order valence-electron chi connectivity index (χ0n) is 23.0. The molecule has 34 heavy (non-hydrogen) atoms. The zero-order valence-corrected chi connectivity index (χ0v) is 23.0. The van der Waals surface area contributed by atoms with Gasteiger partial charge in [-0.05, 0) is 62.6 Å². The fourth-order valence-corrected chi connectivity index (χ4v) is 4.42. The van der Waals surface area contributed by atoms with Crippen LogP contribution < -0.4 is 5.32 Å². The molecule has 1 aromatic heterocycles. The molecule has 0 fully saturated rings. The van der Waals surface area contributed by atoms with E-state index in [-0.39, 0.29) is 16.9 Å². The lowest BCUT2D eigenvalue weighted by atomic mass is 9.78. The highest BCUT2D eigenvalue weighted by Gasteiger charge is 2.26. The third kappa shape index (κ3) is 5.90. The number of nitrogens with zero attached hydrogens (tertiary/aromatic N) is 1. The molecule has 2 heteroatoms. The number of para-hydroxylation sites is 1. The van der Waals surface area contributed by atoms with Gasteiger partial charge in [0, 0.05) is 11.9 Å². The molecule has 3 rings (SSSR count). The lowest BCUT2D eigenvalue weighted by Crippen LogP contribution is -2.21. The summed E-state index contributed by atoms with van der Waals surface area (Å²) in [5.74, 6) is 0.855. The van der Waals surface area contributed by atoms with Crippen LogP contribution in [0.5, 0.6) is 0 Å². The normalized spacial score (nSPS) is 13.4. The molecule has 2 aromatic carbocycles. The molecule has 0 spiro atoms. The second kappa shape index (κ2) is 9.94. The van der Waals surface area contributed by atoms with Crippen molar-refractivity contribution in [1.29, 1.82) is 0 Å². The number of hydrogen-bond donors (Lipinski definition) is 1. The molecule has 1 heterocycles. The number of rotatable bonds is 6. The van der Waals surface area contributed by atoms with Crippen molar-refractivity contribution in [3.63, 3.8) is 0 Å². The van der Waals surface area contributed by atoms with Crippen LogP contribution in [0.4, 0.5) is 5.69 Å². The number of nitrogens with one attached hydrogen (secondary N) is 1. The van der Waals surface area contributed by atoms with Gasteiger partial charge in [-0.1, -0.05) is 112 Å². The van der Waals surface area contributed by atoms with Crippen molar-refractivity contribution in [1.82, 2.24) is 4.98 Å². The van der Waals surface area contributed by atoms with E-state index in [0.29, 0.717) is 11.8 Å². The van der Waals surface area contributed by atoms with Gasteiger partial charge in [-0.25, -0.2) is 0 Å². The standard InChI is InChI=1S/C32H44N2/c1-21(2)26-14-13-15-27(22(3)4)30(26)34-29(28-16-11-12-17-33-28)23-18-24(31(5,6)7)20-25(19-23)32(8,9)10/h11-22,29,34H,1-10H3. The number of anilines is 1. The Morgan fingerprint density at radius 1 is 0.676 bits per heavy atom. The first-order valence-corrected chi connectivity index (χ1v) is 12.7. The molecule has 0 bridgehead atoms. The molecule has 0 aliphatic heterocycles. The first kappa shape index (κ1) is 26.0. The molecule has 0 amide bonds. The Morgan fingerprint density at radius 2 is 1.21 bits per heavy atom. The largest absolute Gasteiger partial charge is 0.372 e. The minimum Gasteiger partial charge on any atom is -0.372 e. The van der Waals surface area contributed by atoms with Gasteiger partial charge in [0.05, 0.1) is 11.7 Å². The van der Waals surface area contributed by atoms with E-state index < -0.39 is 0 Å². The Bertz CT molecular complexity index is 1040. The van der Waals surface area contributed by atoms with Gasteiger partial charge in [0.15, 0.2) is 0 Å². The van der Waals surface area contributed by atoms with Crippen LogP contribution in [-0.2, 0) is 10.8 Å². The fraction of sp³-hybridized carbons (Fsp3) is 0.469. The molecule has 0 aliphatic carbocycles.